The van der Waals surface area contributed by atoms with E-state index in [2.05, 4.69) is 5.32 Å². The lowest BCUT2D eigenvalue weighted by Gasteiger charge is -2.12. The number of hydrogen-bond donors (Lipinski definition) is 2. The molecule has 1 atom stereocenters. The zero-order valence-electron chi connectivity index (χ0n) is 10.9. The van der Waals surface area contributed by atoms with Crippen molar-refractivity contribution in [3.8, 4) is 0 Å². The van der Waals surface area contributed by atoms with E-state index in [1.54, 1.807) is 45.3 Å². The van der Waals surface area contributed by atoms with Crippen LogP contribution in [0.25, 0.3) is 0 Å². The van der Waals surface area contributed by atoms with Gasteiger partial charge in [-0.25, -0.2) is 0 Å². The summed E-state index contributed by atoms with van der Waals surface area (Å²) >= 11 is 0. The van der Waals surface area contributed by atoms with Crippen molar-refractivity contribution in [2.45, 2.75) is 6.92 Å². The number of benzene rings is 1. The number of nitrogens with two attached hydrogens (primary N) is 1. The van der Waals surface area contributed by atoms with Crippen molar-refractivity contribution in [2.75, 3.05) is 26.0 Å². The molecule has 0 aliphatic carbocycles. The molecule has 1 rings (SSSR count). The van der Waals surface area contributed by atoms with E-state index in [0.29, 0.717) is 17.8 Å². The van der Waals surface area contributed by atoms with Crippen LogP contribution in [0.5, 0.6) is 0 Å². The fourth-order valence-electron chi connectivity index (χ4n) is 1.33. The van der Waals surface area contributed by atoms with Gasteiger partial charge in [0, 0.05) is 37.8 Å². The standard InChI is InChI=1S/C13H19N3O2/c1-9(8-14)12(17)15-11-6-4-10(5-7-11)13(18)16(2)3/h4-7,9H,8,14H2,1-3H3,(H,15,17). The normalized spacial score (nSPS) is 11.8. The van der Waals surface area contributed by atoms with E-state index in [9.17, 15) is 9.59 Å². The molecule has 0 fully saturated rings. The van der Waals surface area contributed by atoms with E-state index in [1.165, 1.54) is 4.90 Å². The van der Waals surface area contributed by atoms with Gasteiger partial charge in [-0.05, 0) is 24.3 Å². The first-order valence-corrected chi connectivity index (χ1v) is 5.78. The molecule has 0 spiro atoms. The molecule has 1 aromatic carbocycles. The van der Waals surface area contributed by atoms with E-state index < -0.39 is 0 Å². The summed E-state index contributed by atoms with van der Waals surface area (Å²) in [6.07, 6.45) is 0. The van der Waals surface area contributed by atoms with E-state index in [1.807, 2.05) is 0 Å². The maximum absolute atomic E-state index is 11.7. The second-order valence-electron chi connectivity index (χ2n) is 4.40. The smallest absolute Gasteiger partial charge is 0.253 e. The van der Waals surface area contributed by atoms with Crippen LogP contribution in [0, 0.1) is 5.92 Å². The molecule has 5 nitrogen and oxygen atoms in total. The summed E-state index contributed by atoms with van der Waals surface area (Å²) in [5.74, 6) is -0.416. The van der Waals surface area contributed by atoms with Crippen molar-refractivity contribution >= 4 is 17.5 Å². The minimum absolute atomic E-state index is 0.0665. The van der Waals surface area contributed by atoms with Crippen LogP contribution in [-0.4, -0.2) is 37.4 Å². The summed E-state index contributed by atoms with van der Waals surface area (Å²) in [5.41, 5.74) is 6.66. The molecular weight excluding hydrogens is 230 g/mol. The second-order valence-corrected chi connectivity index (χ2v) is 4.40. The molecule has 0 saturated carbocycles. The van der Waals surface area contributed by atoms with Gasteiger partial charge in [-0.3, -0.25) is 9.59 Å². The van der Waals surface area contributed by atoms with Crippen molar-refractivity contribution in [3.05, 3.63) is 29.8 Å². The summed E-state index contributed by atoms with van der Waals surface area (Å²) < 4.78 is 0. The minimum Gasteiger partial charge on any atom is -0.345 e. The Morgan fingerprint density at radius 3 is 2.28 bits per heavy atom. The van der Waals surface area contributed by atoms with Gasteiger partial charge in [-0.2, -0.15) is 0 Å². The van der Waals surface area contributed by atoms with Gasteiger partial charge in [0.2, 0.25) is 5.91 Å². The highest BCUT2D eigenvalue weighted by Gasteiger charge is 2.11. The van der Waals surface area contributed by atoms with Crippen LogP contribution in [-0.2, 0) is 4.79 Å². The summed E-state index contributed by atoms with van der Waals surface area (Å²) in [4.78, 5) is 24.8. The van der Waals surface area contributed by atoms with Crippen molar-refractivity contribution in [2.24, 2.45) is 11.7 Å². The topological polar surface area (TPSA) is 75.4 Å². The van der Waals surface area contributed by atoms with Crippen LogP contribution in [0.1, 0.15) is 17.3 Å². The average molecular weight is 249 g/mol. The van der Waals surface area contributed by atoms with Crippen LogP contribution in [0.15, 0.2) is 24.3 Å². The molecule has 0 aromatic heterocycles. The van der Waals surface area contributed by atoms with Crippen LogP contribution >= 0.6 is 0 Å². The number of anilines is 1. The number of carbonyl (C=O) groups excluding carboxylic acids is 2. The van der Waals surface area contributed by atoms with Crippen molar-refractivity contribution < 1.29 is 9.59 Å². The highest BCUT2D eigenvalue weighted by atomic mass is 16.2. The van der Waals surface area contributed by atoms with E-state index in [0.717, 1.165) is 0 Å². The third-order valence-electron chi connectivity index (χ3n) is 2.61. The minimum atomic E-state index is -0.229. The maximum Gasteiger partial charge on any atom is 0.253 e. The Morgan fingerprint density at radius 1 is 1.28 bits per heavy atom. The zero-order chi connectivity index (χ0) is 13.7. The van der Waals surface area contributed by atoms with Crippen LogP contribution in [0.3, 0.4) is 0 Å². The SMILES string of the molecule is CC(CN)C(=O)Nc1ccc(C(=O)N(C)C)cc1. The van der Waals surface area contributed by atoms with E-state index >= 15 is 0 Å². The molecule has 5 heteroatoms. The third-order valence-corrected chi connectivity index (χ3v) is 2.61. The molecule has 2 amide bonds. The zero-order valence-corrected chi connectivity index (χ0v) is 10.9. The van der Waals surface area contributed by atoms with Gasteiger partial charge in [0.25, 0.3) is 5.91 Å². The van der Waals surface area contributed by atoms with Gasteiger partial charge < -0.3 is 16.0 Å². The van der Waals surface area contributed by atoms with Crippen molar-refractivity contribution in [1.82, 2.24) is 4.90 Å². The molecule has 0 saturated heterocycles. The number of nitrogens with one attached hydrogen (secondary N) is 1. The molecular formula is C13H19N3O2. The van der Waals surface area contributed by atoms with Gasteiger partial charge in [-0.15, -0.1) is 0 Å². The maximum atomic E-state index is 11.7. The van der Waals surface area contributed by atoms with Gasteiger partial charge >= 0.3 is 0 Å². The van der Waals surface area contributed by atoms with Gasteiger partial charge in [0.1, 0.15) is 0 Å². The van der Waals surface area contributed by atoms with Crippen LogP contribution in [0.4, 0.5) is 5.69 Å². The first kappa shape index (κ1) is 14.2. The van der Waals surface area contributed by atoms with Crippen molar-refractivity contribution in [3.63, 3.8) is 0 Å². The Hall–Kier alpha value is -1.88. The second kappa shape index (κ2) is 6.16. The first-order valence-electron chi connectivity index (χ1n) is 5.78. The Labute approximate surface area is 107 Å². The van der Waals surface area contributed by atoms with Crippen molar-refractivity contribution in [1.29, 1.82) is 0 Å². The number of hydrogen-bond acceptors (Lipinski definition) is 3. The largest absolute Gasteiger partial charge is 0.345 e. The van der Waals surface area contributed by atoms with E-state index in [4.69, 9.17) is 5.73 Å². The summed E-state index contributed by atoms with van der Waals surface area (Å²) in [6.45, 7) is 2.07. The quantitative estimate of drug-likeness (QED) is 0.833. The van der Waals surface area contributed by atoms with Gasteiger partial charge in [0.05, 0.1) is 0 Å². The lowest BCUT2D eigenvalue weighted by atomic mass is 10.1. The lowest BCUT2D eigenvalue weighted by molar-refractivity contribution is -0.119. The van der Waals surface area contributed by atoms with Crippen LogP contribution in [0.2, 0.25) is 0 Å². The molecule has 3 N–H and O–H groups in total. The summed E-state index contributed by atoms with van der Waals surface area (Å²) in [7, 11) is 3.39. The molecule has 1 unspecified atom stereocenters. The molecule has 98 valence electrons. The van der Waals surface area contributed by atoms with Crippen LogP contribution < -0.4 is 11.1 Å². The highest BCUT2D eigenvalue weighted by molar-refractivity contribution is 5.96. The van der Waals surface area contributed by atoms with E-state index in [-0.39, 0.29) is 17.7 Å². The fourth-order valence-corrected chi connectivity index (χ4v) is 1.33. The van der Waals surface area contributed by atoms with Gasteiger partial charge in [0.15, 0.2) is 0 Å². The predicted molar refractivity (Wildman–Crippen MR) is 71.3 cm³/mol. The predicted octanol–water partition coefficient (Wildman–Crippen LogP) is 0.922. The average Bonchev–Trinajstić information content (AvgIpc) is 2.37. The number of nitrogens with zero attached hydrogens (tertiary/aromatic N) is 1. The van der Waals surface area contributed by atoms with Gasteiger partial charge in [-0.1, -0.05) is 6.92 Å². The fraction of sp³-hybridized carbons (Fsp3) is 0.385. The lowest BCUT2D eigenvalue weighted by Crippen LogP contribution is -2.26. The molecule has 0 bridgehead atoms. The molecule has 18 heavy (non-hydrogen) atoms. The Balaban J connectivity index is 2.72. The number of rotatable bonds is 4. The first-order chi connectivity index (χ1) is 8.45. The molecule has 0 radical (unpaired) electrons. The Bertz CT molecular complexity index is 426. The molecule has 1 aromatic rings. The third kappa shape index (κ3) is 3.56. The summed E-state index contributed by atoms with van der Waals surface area (Å²) in [5, 5.41) is 2.74. The monoisotopic (exact) mass is 249 g/mol. The summed E-state index contributed by atoms with van der Waals surface area (Å²) in [6, 6.07) is 6.78. The Morgan fingerprint density at radius 2 is 1.83 bits per heavy atom. The molecule has 0 aliphatic rings. The highest BCUT2D eigenvalue weighted by Crippen LogP contribution is 2.11. The molecule has 0 aliphatic heterocycles. The number of carbonyl (C=O) groups is 2. The Kier molecular flexibility index (Phi) is 4.85. The number of amides is 2. The molecule has 0 heterocycles.